The second kappa shape index (κ2) is 8.28. The summed E-state index contributed by atoms with van der Waals surface area (Å²) in [7, 11) is 0. The molecule has 35 heavy (non-hydrogen) atoms. The topological polar surface area (TPSA) is 86.9 Å². The van der Waals surface area contributed by atoms with Crippen molar-refractivity contribution in [2.75, 3.05) is 5.32 Å². The fraction of sp³-hybridized carbons (Fsp3) is 0.182. The first-order chi connectivity index (χ1) is 16.5. The van der Waals surface area contributed by atoms with Crippen LogP contribution < -0.4 is 10.2 Å². The third-order valence-corrected chi connectivity index (χ3v) is 6.22. The van der Waals surface area contributed by atoms with Gasteiger partial charge in [0, 0.05) is 11.8 Å². The number of fused-ring (bicyclic) bond motifs is 2. The average molecular weight is 523 g/mol. The molecule has 5 rings (SSSR count). The molecule has 1 aliphatic rings. The van der Waals surface area contributed by atoms with E-state index in [0.29, 0.717) is 16.6 Å². The summed E-state index contributed by atoms with van der Waals surface area (Å²) in [6, 6.07) is 9.54. The third kappa shape index (κ3) is 4.10. The van der Waals surface area contributed by atoms with Crippen molar-refractivity contribution in [2.24, 2.45) is 0 Å². The second-order valence-electron chi connectivity index (χ2n) is 7.93. The van der Waals surface area contributed by atoms with Gasteiger partial charge in [0.2, 0.25) is 0 Å². The minimum Gasteiger partial charge on any atom is -0.344 e. The number of carbonyl (C=O) groups excluding carboxylic acids is 1. The highest BCUT2D eigenvalue weighted by Crippen LogP contribution is 2.40. The van der Waals surface area contributed by atoms with Gasteiger partial charge in [0.25, 0.3) is 0 Å². The van der Waals surface area contributed by atoms with Crippen molar-refractivity contribution in [3.8, 4) is 0 Å². The van der Waals surface area contributed by atoms with E-state index < -0.39 is 23.9 Å². The fourth-order valence-corrected chi connectivity index (χ4v) is 4.18. The zero-order chi connectivity index (χ0) is 25.1. The largest absolute Gasteiger partial charge is 0.435 e. The van der Waals surface area contributed by atoms with Gasteiger partial charge in [0.15, 0.2) is 5.69 Å². The minimum atomic E-state index is -4.69. The number of alkyl halides is 3. The Morgan fingerprint density at radius 3 is 2.57 bits per heavy atom. The monoisotopic (exact) mass is 522 g/mol. The van der Waals surface area contributed by atoms with Crippen molar-refractivity contribution in [2.45, 2.75) is 26.1 Å². The van der Waals surface area contributed by atoms with Gasteiger partial charge in [-0.3, -0.25) is 0 Å². The number of rotatable bonds is 3. The van der Waals surface area contributed by atoms with Crippen molar-refractivity contribution in [3.63, 3.8) is 0 Å². The Hall–Kier alpha value is -3.57. The molecule has 1 unspecified atom stereocenters. The van der Waals surface area contributed by atoms with Crippen LogP contribution in [-0.4, -0.2) is 30.9 Å². The maximum Gasteiger partial charge on any atom is 0.435 e. The summed E-state index contributed by atoms with van der Waals surface area (Å²) < 4.78 is 41.4. The Kier molecular flexibility index (Phi) is 5.48. The molecular formula is C22H15Cl2F3N6O2. The highest BCUT2D eigenvalue weighted by Gasteiger charge is 2.40. The molecule has 0 saturated carbocycles. The minimum absolute atomic E-state index is 0.00322. The van der Waals surface area contributed by atoms with Gasteiger partial charge in [-0.1, -0.05) is 40.2 Å². The zero-order valence-corrected chi connectivity index (χ0v) is 19.6. The molecule has 13 heteroatoms. The number of hydrogen-bond donors (Lipinski definition) is 1. The van der Waals surface area contributed by atoms with E-state index in [1.807, 2.05) is 6.92 Å². The molecule has 0 aliphatic carbocycles. The van der Waals surface area contributed by atoms with Crippen LogP contribution in [0.25, 0.3) is 11.0 Å². The van der Waals surface area contributed by atoms with Crippen LogP contribution in [0.2, 0.25) is 10.0 Å². The van der Waals surface area contributed by atoms with Gasteiger partial charge in [-0.05, 0) is 54.5 Å². The fourth-order valence-electron chi connectivity index (χ4n) is 3.87. The molecule has 1 atom stereocenters. The maximum absolute atomic E-state index is 13.4. The number of nitrogens with one attached hydrogen (secondary N) is 1. The number of hydrogen-bond acceptors (Lipinski definition) is 6. The van der Waals surface area contributed by atoms with E-state index in [2.05, 4.69) is 20.7 Å². The molecule has 0 saturated heterocycles. The number of carbonyl (C=O) groups is 1. The van der Waals surface area contributed by atoms with Gasteiger partial charge in [0.1, 0.15) is 22.9 Å². The number of allylic oxidation sites excluding steroid dienone is 1. The number of aryl methyl sites for hydroxylation is 1. The van der Waals surface area contributed by atoms with Crippen LogP contribution in [-0.2, 0) is 11.0 Å². The number of aromatic nitrogens is 5. The number of benzene rings is 2. The van der Waals surface area contributed by atoms with Crippen molar-refractivity contribution < 1.29 is 22.8 Å². The summed E-state index contributed by atoms with van der Waals surface area (Å²) in [6.07, 6.45) is -4.69. The predicted molar refractivity (Wildman–Crippen MR) is 122 cm³/mol. The zero-order valence-electron chi connectivity index (χ0n) is 18.1. The van der Waals surface area contributed by atoms with Crippen molar-refractivity contribution in [1.82, 2.24) is 24.9 Å². The van der Waals surface area contributed by atoms with Gasteiger partial charge in [-0.25, -0.2) is 9.48 Å². The molecule has 180 valence electrons. The average Bonchev–Trinajstić information content (AvgIpc) is 3.38. The molecule has 4 aromatic rings. The standard InChI is InChI=1S/C22H15Cl2F3N6O2/c1-10-3-6-16-15(7-10)29-31-33(16)35-21(34)19-11(2)28-18-9-17(22(25,26)27)30-32(18)20(19)12-4-5-13(23)14(24)8-12/h3-9,20,28H,1-2H3. The van der Waals surface area contributed by atoms with Gasteiger partial charge in [0.05, 0.1) is 15.6 Å². The van der Waals surface area contributed by atoms with Crippen LogP contribution >= 0.6 is 23.2 Å². The van der Waals surface area contributed by atoms with E-state index in [4.69, 9.17) is 28.0 Å². The van der Waals surface area contributed by atoms with Gasteiger partial charge in [-0.2, -0.15) is 18.3 Å². The lowest BCUT2D eigenvalue weighted by atomic mass is 9.95. The van der Waals surface area contributed by atoms with Crippen LogP contribution in [0.3, 0.4) is 0 Å². The van der Waals surface area contributed by atoms with Crippen LogP contribution in [0.15, 0.2) is 53.7 Å². The van der Waals surface area contributed by atoms with Crippen molar-refractivity contribution in [3.05, 3.63) is 80.6 Å². The van der Waals surface area contributed by atoms with Crippen molar-refractivity contribution >= 4 is 46.0 Å². The van der Waals surface area contributed by atoms with E-state index in [0.717, 1.165) is 21.2 Å². The highest BCUT2D eigenvalue weighted by atomic mass is 35.5. The first-order valence-electron chi connectivity index (χ1n) is 10.2. The Labute approximate surface area is 205 Å². The van der Waals surface area contributed by atoms with Gasteiger partial charge < -0.3 is 10.2 Å². The van der Waals surface area contributed by atoms with Gasteiger partial charge >= 0.3 is 12.1 Å². The second-order valence-corrected chi connectivity index (χ2v) is 8.74. The summed E-state index contributed by atoms with van der Waals surface area (Å²) in [5.74, 6) is -0.822. The molecule has 8 nitrogen and oxygen atoms in total. The van der Waals surface area contributed by atoms with Crippen LogP contribution in [0.1, 0.15) is 29.8 Å². The molecule has 2 aromatic carbocycles. The lowest BCUT2D eigenvalue weighted by Crippen LogP contribution is -2.33. The van der Waals surface area contributed by atoms with Crippen molar-refractivity contribution in [1.29, 1.82) is 0 Å². The molecule has 1 N–H and O–H groups in total. The van der Waals surface area contributed by atoms with E-state index in [1.54, 1.807) is 31.2 Å². The summed E-state index contributed by atoms with van der Waals surface area (Å²) in [5.41, 5.74) is 1.43. The Morgan fingerprint density at radius 1 is 1.09 bits per heavy atom. The van der Waals surface area contributed by atoms with Crippen LogP contribution in [0.4, 0.5) is 19.0 Å². The van der Waals surface area contributed by atoms with Crippen LogP contribution in [0, 0.1) is 6.92 Å². The third-order valence-electron chi connectivity index (χ3n) is 5.48. The SMILES string of the molecule is CC1=C(C(=O)On2nnc3cc(C)ccc32)C(c2ccc(Cl)c(Cl)c2)n2nc(C(F)(F)F)cc2N1. The lowest BCUT2D eigenvalue weighted by Gasteiger charge is -2.29. The Morgan fingerprint density at radius 2 is 1.86 bits per heavy atom. The van der Waals surface area contributed by atoms with E-state index in [1.165, 1.54) is 12.1 Å². The van der Waals surface area contributed by atoms with Crippen LogP contribution in [0.5, 0.6) is 0 Å². The molecular weight excluding hydrogens is 508 g/mol. The van der Waals surface area contributed by atoms with E-state index in [-0.39, 0.29) is 27.1 Å². The number of anilines is 1. The maximum atomic E-state index is 13.4. The summed E-state index contributed by atoms with van der Waals surface area (Å²) in [6.45, 7) is 3.43. The molecule has 0 bridgehead atoms. The van der Waals surface area contributed by atoms with Gasteiger partial charge in [-0.15, -0.1) is 5.10 Å². The summed E-state index contributed by atoms with van der Waals surface area (Å²) in [5, 5.41) is 14.8. The molecule has 0 spiro atoms. The smallest absolute Gasteiger partial charge is 0.344 e. The summed E-state index contributed by atoms with van der Waals surface area (Å²) in [4.78, 5) is 19.9. The normalized spacial score (nSPS) is 15.8. The molecule has 0 amide bonds. The molecule has 0 radical (unpaired) electrons. The molecule has 2 aromatic heterocycles. The lowest BCUT2D eigenvalue weighted by molar-refractivity contribution is -0.141. The molecule has 1 aliphatic heterocycles. The Bertz CT molecular complexity index is 1530. The number of halogens is 5. The highest BCUT2D eigenvalue weighted by molar-refractivity contribution is 6.42. The molecule has 3 heterocycles. The summed E-state index contributed by atoms with van der Waals surface area (Å²) >= 11 is 12.2. The predicted octanol–water partition coefficient (Wildman–Crippen LogP) is 5.21. The van der Waals surface area contributed by atoms with E-state index >= 15 is 0 Å². The quantitative estimate of drug-likeness (QED) is 0.372. The first-order valence-corrected chi connectivity index (χ1v) is 10.9. The van der Waals surface area contributed by atoms with E-state index in [9.17, 15) is 18.0 Å². The molecule has 0 fully saturated rings. The number of nitrogens with zero attached hydrogens (tertiary/aromatic N) is 5. The Balaban J connectivity index is 1.61. The first kappa shape index (κ1) is 23.2.